The van der Waals surface area contributed by atoms with Gasteiger partial charge in [-0.25, -0.2) is 4.98 Å². The number of rotatable bonds is 0. The van der Waals surface area contributed by atoms with E-state index in [9.17, 15) is 4.39 Å². The zero-order chi connectivity index (χ0) is 7.56. The van der Waals surface area contributed by atoms with Crippen molar-refractivity contribution in [2.75, 3.05) is 0 Å². The Hall–Kier alpha value is -0.935. The summed E-state index contributed by atoms with van der Waals surface area (Å²) in [6, 6.07) is 1.77. The topological polar surface area (TPSA) is 53.4 Å². The minimum atomic E-state index is -0.750. The lowest BCUT2D eigenvalue weighted by atomic mass is 10.5. The molecule has 0 saturated heterocycles. The summed E-state index contributed by atoms with van der Waals surface area (Å²) in [5.74, 6) is -0.324. The lowest BCUT2D eigenvalue weighted by Gasteiger charge is -1.65. The lowest BCUT2D eigenvalue weighted by Crippen LogP contribution is -1.75. The van der Waals surface area contributed by atoms with Gasteiger partial charge < -0.3 is 10.0 Å². The predicted octanol–water partition coefficient (Wildman–Crippen LogP) is -0.561. The Morgan fingerprint density at radius 2 is 2.10 bits per heavy atom. The van der Waals surface area contributed by atoms with E-state index in [1.54, 1.807) is 6.07 Å². The highest BCUT2D eigenvalue weighted by molar-refractivity contribution is 6.13. The first-order valence-corrected chi connectivity index (χ1v) is 2.67. The van der Waals surface area contributed by atoms with E-state index in [1.165, 1.54) is 6.20 Å². The quantitative estimate of drug-likeness (QED) is 0.381. The van der Waals surface area contributed by atoms with Gasteiger partial charge in [-0.2, -0.15) is 4.39 Å². The van der Waals surface area contributed by atoms with Crippen molar-refractivity contribution in [1.82, 2.24) is 4.98 Å². The molecule has 0 bridgehead atoms. The second-order valence-corrected chi connectivity index (χ2v) is 1.70. The molecule has 0 saturated carbocycles. The summed E-state index contributed by atoms with van der Waals surface area (Å²) in [4.78, 5) is 3.39. The third-order valence-electron chi connectivity index (χ3n) is 1.07. The summed E-state index contributed by atoms with van der Waals surface area (Å²) < 4.78 is 12.0. The number of fused-ring (bicyclic) bond motifs is 1. The molecule has 52 valence electrons. The Morgan fingerprint density at radius 3 is 2.20 bits per heavy atom. The van der Waals surface area contributed by atoms with Crippen molar-refractivity contribution < 1.29 is 14.4 Å². The number of halogens is 1. The molecular weight excluding hydrogens is 136 g/mol. The minimum absolute atomic E-state index is 0.324. The molecule has 0 atom stereocenters. The van der Waals surface area contributed by atoms with Gasteiger partial charge in [0.25, 0.3) is 0 Å². The molecule has 0 unspecified atom stereocenters. The van der Waals surface area contributed by atoms with Crippen molar-refractivity contribution in [2.45, 2.75) is 0 Å². The van der Waals surface area contributed by atoms with E-state index >= 15 is 0 Å². The number of pyridine rings is 1. The maximum atomic E-state index is 12.0. The highest BCUT2D eigenvalue weighted by atomic mass is 19.1. The molecule has 0 spiro atoms. The molecule has 3 nitrogen and oxygen atoms in total. The number of nitrogens with zero attached hydrogens (tertiary/aromatic N) is 1. The van der Waals surface area contributed by atoms with Crippen molar-refractivity contribution in [1.29, 1.82) is 0 Å². The molecule has 1 aliphatic carbocycles. The molecule has 2 N–H and O–H groups in total. The second kappa shape index (κ2) is 2.77. The molecule has 0 radical (unpaired) electrons. The third-order valence-corrected chi connectivity index (χ3v) is 1.07. The van der Waals surface area contributed by atoms with Crippen LogP contribution in [0.2, 0.25) is 0 Å². The van der Waals surface area contributed by atoms with Crippen molar-refractivity contribution in [3.63, 3.8) is 0 Å². The Balaban J connectivity index is 0.000000148. The van der Waals surface area contributed by atoms with E-state index in [4.69, 9.17) is 10.0 Å². The molecule has 0 aromatic carbocycles. The predicted molar refractivity (Wildman–Crippen MR) is 34.8 cm³/mol. The average molecular weight is 141 g/mol. The van der Waals surface area contributed by atoms with E-state index in [0.29, 0.717) is 5.56 Å². The van der Waals surface area contributed by atoms with Gasteiger partial charge in [-0.15, -0.1) is 0 Å². The van der Waals surface area contributed by atoms with Gasteiger partial charge in [0.2, 0.25) is 5.95 Å². The molecule has 5 heteroatoms. The van der Waals surface area contributed by atoms with Gasteiger partial charge in [-0.3, -0.25) is 0 Å². The third kappa shape index (κ3) is 1.31. The van der Waals surface area contributed by atoms with Crippen LogP contribution in [-0.4, -0.2) is 22.7 Å². The smallest absolute Gasteiger partial charge is 0.430 e. The van der Waals surface area contributed by atoms with Crippen LogP contribution in [0.15, 0.2) is 12.3 Å². The summed E-state index contributed by atoms with van der Waals surface area (Å²) in [7, 11) is -0.750. The Bertz CT molecular complexity index is 243. The largest absolute Gasteiger partial charge is 0.432 e. The van der Waals surface area contributed by atoms with Crippen LogP contribution in [0, 0.1) is 5.95 Å². The SMILES string of the molecule is Fc1ncc2cc1-2.OBO. The lowest BCUT2D eigenvalue weighted by molar-refractivity contribution is 0.448. The van der Waals surface area contributed by atoms with Crippen molar-refractivity contribution >= 4 is 7.69 Å². The maximum Gasteiger partial charge on any atom is 0.432 e. The fourth-order valence-electron chi connectivity index (χ4n) is 0.601. The molecule has 2 aliphatic rings. The molecule has 2 rings (SSSR count). The fourth-order valence-corrected chi connectivity index (χ4v) is 0.601. The van der Waals surface area contributed by atoms with Crippen molar-refractivity contribution in [3.8, 4) is 11.1 Å². The van der Waals surface area contributed by atoms with Crippen LogP contribution in [0.4, 0.5) is 4.39 Å². The van der Waals surface area contributed by atoms with Crippen LogP contribution in [0.5, 0.6) is 0 Å². The van der Waals surface area contributed by atoms with Crippen LogP contribution in [0.25, 0.3) is 11.1 Å². The standard InChI is InChI=1S/C5H2FN.BH3O2/c6-5-4-1-3(4)2-7-5;2-1-3/h1-2H;1-3H. The first-order valence-electron chi connectivity index (χ1n) is 2.67. The van der Waals surface area contributed by atoms with Gasteiger partial charge in [0.15, 0.2) is 0 Å². The van der Waals surface area contributed by atoms with Gasteiger partial charge in [-0.1, -0.05) is 0 Å². The molecule has 0 aromatic rings. The zero-order valence-electron chi connectivity index (χ0n) is 5.08. The monoisotopic (exact) mass is 141 g/mol. The molecular formula is C5H5BFNO2. The Kier molecular flexibility index (Phi) is 1.98. The first kappa shape index (κ1) is 7.18. The van der Waals surface area contributed by atoms with E-state index in [-0.39, 0.29) is 5.95 Å². The van der Waals surface area contributed by atoms with Crippen molar-refractivity contribution in [3.05, 3.63) is 18.2 Å². The van der Waals surface area contributed by atoms with Gasteiger partial charge in [0.1, 0.15) is 0 Å². The highest BCUT2D eigenvalue weighted by Crippen LogP contribution is 2.34. The highest BCUT2D eigenvalue weighted by Gasteiger charge is 2.18. The van der Waals surface area contributed by atoms with Crippen LogP contribution in [0.1, 0.15) is 0 Å². The molecule has 1 heterocycles. The molecule has 0 amide bonds. The Morgan fingerprint density at radius 1 is 1.50 bits per heavy atom. The number of hydrogen-bond acceptors (Lipinski definition) is 3. The molecule has 0 fully saturated rings. The summed E-state index contributed by atoms with van der Waals surface area (Å²) in [6.07, 6.45) is 1.53. The molecule has 1 aliphatic heterocycles. The van der Waals surface area contributed by atoms with Gasteiger partial charge >= 0.3 is 7.69 Å². The maximum absolute atomic E-state index is 12.0. The summed E-state index contributed by atoms with van der Waals surface area (Å²) in [6.45, 7) is 0. The summed E-state index contributed by atoms with van der Waals surface area (Å²) in [5, 5.41) is 14.2. The number of hydrogen-bond donors (Lipinski definition) is 2. The van der Waals surface area contributed by atoms with Gasteiger partial charge in [0, 0.05) is 17.3 Å². The van der Waals surface area contributed by atoms with Gasteiger partial charge in [-0.05, 0) is 6.07 Å². The minimum Gasteiger partial charge on any atom is -0.430 e. The van der Waals surface area contributed by atoms with Crippen LogP contribution in [-0.2, 0) is 0 Å². The van der Waals surface area contributed by atoms with Crippen molar-refractivity contribution in [2.24, 2.45) is 0 Å². The van der Waals surface area contributed by atoms with E-state index < -0.39 is 7.69 Å². The summed E-state index contributed by atoms with van der Waals surface area (Å²) in [5.41, 5.74) is 1.65. The van der Waals surface area contributed by atoms with E-state index in [1.807, 2.05) is 0 Å². The summed E-state index contributed by atoms with van der Waals surface area (Å²) >= 11 is 0. The van der Waals surface area contributed by atoms with Crippen LogP contribution >= 0.6 is 0 Å². The van der Waals surface area contributed by atoms with Crippen LogP contribution < -0.4 is 0 Å². The van der Waals surface area contributed by atoms with E-state index in [2.05, 4.69) is 4.98 Å². The van der Waals surface area contributed by atoms with Crippen LogP contribution in [0.3, 0.4) is 0 Å². The average Bonchev–Trinajstić information content (AvgIpc) is 2.57. The number of aromatic nitrogens is 1. The van der Waals surface area contributed by atoms with E-state index in [0.717, 1.165) is 5.56 Å². The normalized spacial score (nSPS) is 9.50. The molecule has 10 heavy (non-hydrogen) atoms. The van der Waals surface area contributed by atoms with Gasteiger partial charge in [0.05, 0.1) is 0 Å². The fraction of sp³-hybridized carbons (Fsp3) is 0. The second-order valence-electron chi connectivity index (χ2n) is 1.70. The Labute approximate surface area is 57.5 Å². The molecule has 0 aromatic heterocycles. The zero-order valence-corrected chi connectivity index (χ0v) is 5.08. The first-order chi connectivity index (χ1) is 4.79.